The predicted octanol–water partition coefficient (Wildman–Crippen LogP) is 8.42. The third-order valence-corrected chi connectivity index (χ3v) is 8.64. The highest BCUT2D eigenvalue weighted by Gasteiger charge is 2.35. The van der Waals surface area contributed by atoms with Crippen molar-refractivity contribution in [3.8, 4) is 17.1 Å². The highest BCUT2D eigenvalue weighted by atomic mass is 32.1. The molecule has 0 spiro atoms. The molecule has 3 N–H and O–H groups in total. The quantitative estimate of drug-likeness (QED) is 0.163. The highest BCUT2D eigenvalue weighted by molar-refractivity contribution is 7.21. The molecule has 0 fully saturated rings. The number of rotatable bonds is 9. The molecule has 2 amide bonds. The molecular formula is C34H26F3N3O5S. The van der Waals surface area contributed by atoms with Crippen LogP contribution in [0.2, 0.25) is 0 Å². The van der Waals surface area contributed by atoms with Gasteiger partial charge in [-0.05, 0) is 53.6 Å². The Balaban J connectivity index is 1.22. The number of benzene rings is 2. The van der Waals surface area contributed by atoms with Gasteiger partial charge in [-0.2, -0.15) is 13.2 Å². The lowest BCUT2D eigenvalue weighted by Crippen LogP contribution is -2.18. The molecule has 6 rings (SSSR count). The molecule has 0 bridgehead atoms. The van der Waals surface area contributed by atoms with Crippen LogP contribution in [0.5, 0.6) is 5.75 Å². The maximum Gasteiger partial charge on any atom is 0.433 e. The van der Waals surface area contributed by atoms with Crippen molar-refractivity contribution in [1.82, 2.24) is 4.98 Å². The van der Waals surface area contributed by atoms with Crippen molar-refractivity contribution >= 4 is 39.1 Å². The number of hydrogen-bond donors (Lipinski definition) is 2. The average Bonchev–Trinajstić information content (AvgIpc) is 3.81. The van der Waals surface area contributed by atoms with Crippen LogP contribution in [-0.4, -0.2) is 16.8 Å². The van der Waals surface area contributed by atoms with E-state index in [9.17, 15) is 22.8 Å². The molecule has 8 nitrogen and oxygen atoms in total. The van der Waals surface area contributed by atoms with Gasteiger partial charge in [0.2, 0.25) is 0 Å². The highest BCUT2D eigenvalue weighted by Crippen LogP contribution is 2.44. The van der Waals surface area contributed by atoms with Gasteiger partial charge in [0, 0.05) is 16.4 Å². The molecule has 6 aromatic rings. The Morgan fingerprint density at radius 3 is 2.33 bits per heavy atom. The number of fused-ring (bicyclic) bond motifs is 1. The van der Waals surface area contributed by atoms with Crippen molar-refractivity contribution < 1.29 is 36.3 Å². The fraction of sp³-hybridized carbons (Fsp3) is 0.147. The minimum atomic E-state index is -4.77. The number of nitrogens with two attached hydrogens (primary N) is 1. The number of nitrogens with zero attached hydrogens (tertiary/aromatic N) is 1. The number of carbonyl (C=O) groups is 2. The number of alkyl halides is 3. The zero-order valence-electron chi connectivity index (χ0n) is 24.5. The summed E-state index contributed by atoms with van der Waals surface area (Å²) in [5.41, 5.74) is 6.33. The fourth-order valence-corrected chi connectivity index (χ4v) is 6.07. The van der Waals surface area contributed by atoms with Gasteiger partial charge in [-0.1, -0.05) is 56.3 Å². The number of amides is 2. The Bertz CT molecular complexity index is 2030. The minimum Gasteiger partial charge on any atom is -0.486 e. The number of aromatic nitrogens is 1. The normalized spacial score (nSPS) is 11.9. The van der Waals surface area contributed by atoms with Crippen LogP contribution in [0.25, 0.3) is 21.5 Å². The zero-order chi connectivity index (χ0) is 32.6. The Morgan fingerprint density at radius 1 is 0.957 bits per heavy atom. The molecule has 0 radical (unpaired) electrons. The molecule has 0 unspecified atom stereocenters. The first kappa shape index (κ1) is 30.7. The Morgan fingerprint density at radius 2 is 1.67 bits per heavy atom. The van der Waals surface area contributed by atoms with E-state index >= 15 is 0 Å². The van der Waals surface area contributed by atoms with E-state index < -0.39 is 23.7 Å². The van der Waals surface area contributed by atoms with Gasteiger partial charge in [0.05, 0.1) is 12.0 Å². The minimum absolute atomic E-state index is 0.0203. The van der Waals surface area contributed by atoms with Gasteiger partial charge in [0.15, 0.2) is 5.76 Å². The van der Waals surface area contributed by atoms with Crippen molar-refractivity contribution in [1.29, 1.82) is 0 Å². The van der Waals surface area contributed by atoms with E-state index in [-0.39, 0.29) is 49.9 Å². The summed E-state index contributed by atoms with van der Waals surface area (Å²) in [6.45, 7) is 4.31. The van der Waals surface area contributed by atoms with Crippen molar-refractivity contribution in [2.45, 2.75) is 32.0 Å². The van der Waals surface area contributed by atoms with Gasteiger partial charge in [0.1, 0.15) is 39.3 Å². The van der Waals surface area contributed by atoms with Crippen LogP contribution in [-0.2, 0) is 18.2 Å². The summed E-state index contributed by atoms with van der Waals surface area (Å²) >= 11 is 0.630. The molecule has 2 aromatic carbocycles. The van der Waals surface area contributed by atoms with E-state index in [2.05, 4.69) is 36.3 Å². The molecule has 0 aliphatic carbocycles. The van der Waals surface area contributed by atoms with Crippen molar-refractivity contribution in [3.05, 3.63) is 124 Å². The molecule has 234 valence electrons. The number of ether oxygens (including phenoxy) is 1. The second-order valence-corrected chi connectivity index (χ2v) is 11.9. The number of halogens is 3. The van der Waals surface area contributed by atoms with Crippen LogP contribution < -0.4 is 15.8 Å². The number of pyridine rings is 1. The number of carbonyl (C=O) groups excluding carboxylic acids is 2. The number of nitrogens with one attached hydrogen (secondary N) is 1. The van der Waals surface area contributed by atoms with Crippen LogP contribution in [0, 0.1) is 0 Å². The Labute approximate surface area is 264 Å². The molecule has 4 aromatic heterocycles. The number of thiophene rings is 1. The number of primary amides is 1. The van der Waals surface area contributed by atoms with Crippen molar-refractivity contribution in [2.24, 2.45) is 5.73 Å². The van der Waals surface area contributed by atoms with Gasteiger partial charge in [-0.15, -0.1) is 11.3 Å². The van der Waals surface area contributed by atoms with E-state index in [1.54, 1.807) is 6.07 Å². The van der Waals surface area contributed by atoms with Gasteiger partial charge in [0.25, 0.3) is 11.8 Å². The van der Waals surface area contributed by atoms with Crippen LogP contribution in [0.4, 0.5) is 18.9 Å². The third-order valence-electron chi connectivity index (χ3n) is 7.54. The first-order chi connectivity index (χ1) is 21.9. The summed E-state index contributed by atoms with van der Waals surface area (Å²) in [5, 5.41) is 2.66. The summed E-state index contributed by atoms with van der Waals surface area (Å²) in [4.78, 5) is 29.0. The lowest BCUT2D eigenvalue weighted by atomic mass is 9.78. The number of furan rings is 2. The topological polar surface area (TPSA) is 121 Å². The first-order valence-corrected chi connectivity index (χ1v) is 14.8. The Hall–Kier alpha value is -5.36. The van der Waals surface area contributed by atoms with Gasteiger partial charge in [-0.25, -0.2) is 4.98 Å². The molecule has 0 saturated carbocycles. The van der Waals surface area contributed by atoms with Gasteiger partial charge in [-0.3, -0.25) is 9.59 Å². The molecule has 12 heteroatoms. The molecular weight excluding hydrogens is 619 g/mol. The molecule has 4 heterocycles. The SMILES string of the molecule is CC(C)(c1ccccc1)c1ccc(OCc2ccc(C(=O)Nc3c(C(N)=O)sc4nc(C(F)(F)F)cc(-c5ccco5)c34)o2)cc1. The lowest BCUT2D eigenvalue weighted by Gasteiger charge is -2.26. The van der Waals surface area contributed by atoms with Gasteiger partial charge < -0.3 is 24.6 Å². The number of anilines is 1. The molecule has 0 saturated heterocycles. The second-order valence-electron chi connectivity index (χ2n) is 10.9. The lowest BCUT2D eigenvalue weighted by molar-refractivity contribution is -0.140. The monoisotopic (exact) mass is 645 g/mol. The standard InChI is InChI=1S/C34H26F3N3O5S/c1-33(2,19-7-4-3-5-8-19)20-10-12-21(13-11-20)44-18-22-14-15-25(45-22)31(42)40-28-27-23(24-9-6-16-43-24)17-26(34(35,36)37)39-32(27)46-29(28)30(38)41/h3-17H,18H2,1-2H3,(H2,38,41)(H,40,42). The van der Waals surface area contributed by atoms with Crippen molar-refractivity contribution in [3.63, 3.8) is 0 Å². The third kappa shape index (κ3) is 5.98. The van der Waals surface area contributed by atoms with E-state index in [1.165, 1.54) is 30.0 Å². The maximum absolute atomic E-state index is 13.7. The second kappa shape index (κ2) is 11.9. The molecule has 0 aliphatic rings. The van der Waals surface area contributed by atoms with E-state index in [1.807, 2.05) is 42.5 Å². The maximum atomic E-state index is 13.7. The smallest absolute Gasteiger partial charge is 0.433 e. The zero-order valence-corrected chi connectivity index (χ0v) is 25.3. The first-order valence-electron chi connectivity index (χ1n) is 14.0. The molecule has 0 aliphatic heterocycles. The summed E-state index contributed by atoms with van der Waals surface area (Å²) in [6, 6.07) is 24.6. The van der Waals surface area contributed by atoms with Gasteiger partial charge >= 0.3 is 6.18 Å². The van der Waals surface area contributed by atoms with E-state index in [4.69, 9.17) is 19.3 Å². The summed E-state index contributed by atoms with van der Waals surface area (Å²) in [5.74, 6) is -0.807. The molecule has 46 heavy (non-hydrogen) atoms. The Kier molecular flexibility index (Phi) is 7.90. The number of hydrogen-bond acceptors (Lipinski definition) is 7. The predicted molar refractivity (Wildman–Crippen MR) is 167 cm³/mol. The van der Waals surface area contributed by atoms with Crippen LogP contribution in [0.15, 0.2) is 100 Å². The van der Waals surface area contributed by atoms with Crippen LogP contribution >= 0.6 is 11.3 Å². The largest absolute Gasteiger partial charge is 0.486 e. The van der Waals surface area contributed by atoms with Crippen LogP contribution in [0.1, 0.15) is 56.7 Å². The van der Waals surface area contributed by atoms with Crippen molar-refractivity contribution in [2.75, 3.05) is 5.32 Å². The average molecular weight is 646 g/mol. The van der Waals surface area contributed by atoms with E-state index in [0.29, 0.717) is 22.8 Å². The van der Waals surface area contributed by atoms with E-state index in [0.717, 1.165) is 11.6 Å². The summed E-state index contributed by atoms with van der Waals surface area (Å²) in [7, 11) is 0. The van der Waals surface area contributed by atoms with Crippen LogP contribution in [0.3, 0.4) is 0 Å². The fourth-order valence-electron chi connectivity index (χ4n) is 5.06. The summed E-state index contributed by atoms with van der Waals surface area (Å²) in [6.07, 6.45) is -3.48. The molecule has 0 atom stereocenters. The summed E-state index contributed by atoms with van der Waals surface area (Å²) < 4.78 is 57.9.